The Labute approximate surface area is 182 Å². The van der Waals surface area contributed by atoms with E-state index in [1.165, 1.54) is 17.4 Å². The smallest absolute Gasteiger partial charge is 0.264 e. The second kappa shape index (κ2) is 8.53. The maximum atomic E-state index is 14.3. The Morgan fingerprint density at radius 1 is 1.20 bits per heavy atom. The van der Waals surface area contributed by atoms with Crippen LogP contribution >= 0.6 is 22.9 Å². The third kappa shape index (κ3) is 3.82. The first kappa shape index (κ1) is 20.5. The number of hydrogen-bond donors (Lipinski definition) is 0. The Kier molecular flexibility index (Phi) is 5.83. The molecule has 2 aromatic heterocycles. The second-order valence-corrected chi connectivity index (χ2v) is 8.34. The van der Waals surface area contributed by atoms with Crippen LogP contribution in [-0.2, 0) is 6.54 Å². The summed E-state index contributed by atoms with van der Waals surface area (Å²) in [5.74, 6) is 0.132. The summed E-state index contributed by atoms with van der Waals surface area (Å²) in [5.41, 5.74) is 1.29. The average Bonchev–Trinajstić information content (AvgIpc) is 3.33. The van der Waals surface area contributed by atoms with E-state index in [0.29, 0.717) is 44.7 Å². The number of nitrogens with zero attached hydrogens (tertiary/aromatic N) is 3. The van der Waals surface area contributed by atoms with Crippen LogP contribution in [0.15, 0.2) is 46.9 Å². The lowest BCUT2D eigenvalue weighted by Crippen LogP contribution is -2.31. The molecule has 0 spiro atoms. The molecule has 0 aliphatic rings. The number of aromatic nitrogens is 2. The molecule has 0 N–H and O–H groups in total. The lowest BCUT2D eigenvalue weighted by Gasteiger charge is -2.20. The van der Waals surface area contributed by atoms with Crippen LogP contribution < -0.4 is 0 Å². The van der Waals surface area contributed by atoms with E-state index in [1.54, 1.807) is 30.0 Å². The zero-order valence-corrected chi connectivity index (χ0v) is 18.1. The molecule has 154 valence electrons. The normalized spacial score (nSPS) is 11.2. The van der Waals surface area contributed by atoms with Gasteiger partial charge in [0.15, 0.2) is 0 Å². The number of hydrogen-bond acceptors (Lipinski definition) is 5. The van der Waals surface area contributed by atoms with Crippen molar-refractivity contribution in [2.75, 3.05) is 6.54 Å². The van der Waals surface area contributed by atoms with Crippen molar-refractivity contribution in [2.24, 2.45) is 0 Å². The second-order valence-electron chi connectivity index (χ2n) is 6.88. The van der Waals surface area contributed by atoms with Crippen molar-refractivity contribution in [3.63, 3.8) is 0 Å². The molecule has 4 aromatic rings. The van der Waals surface area contributed by atoms with Gasteiger partial charge in [-0.1, -0.05) is 36.7 Å². The topological polar surface area (TPSA) is 59.2 Å². The fourth-order valence-corrected chi connectivity index (χ4v) is 4.75. The van der Waals surface area contributed by atoms with Crippen molar-refractivity contribution in [1.29, 1.82) is 0 Å². The zero-order valence-electron chi connectivity index (χ0n) is 16.5. The van der Waals surface area contributed by atoms with E-state index in [2.05, 4.69) is 10.2 Å². The SMILES string of the molecule is CCCN(Cc1nnc(-c2ccccc2Cl)o1)C(=O)c1sc2cccc(F)c2c1C. The molecule has 0 unspecified atom stereocenters. The van der Waals surface area contributed by atoms with Gasteiger partial charge in [-0.3, -0.25) is 4.79 Å². The predicted molar refractivity (Wildman–Crippen MR) is 116 cm³/mol. The van der Waals surface area contributed by atoms with Gasteiger partial charge in [0.2, 0.25) is 11.8 Å². The fraction of sp³-hybridized carbons (Fsp3) is 0.227. The highest BCUT2D eigenvalue weighted by molar-refractivity contribution is 7.21. The van der Waals surface area contributed by atoms with Gasteiger partial charge in [-0.25, -0.2) is 4.39 Å². The van der Waals surface area contributed by atoms with Crippen molar-refractivity contribution >= 4 is 38.9 Å². The van der Waals surface area contributed by atoms with Crippen LogP contribution in [0.4, 0.5) is 4.39 Å². The average molecular weight is 444 g/mol. The van der Waals surface area contributed by atoms with Crippen molar-refractivity contribution in [3.05, 3.63) is 69.6 Å². The molecule has 0 aliphatic carbocycles. The van der Waals surface area contributed by atoms with Crippen molar-refractivity contribution < 1.29 is 13.6 Å². The molecule has 0 atom stereocenters. The molecular weight excluding hydrogens is 425 g/mol. The van der Waals surface area contributed by atoms with Gasteiger partial charge in [0.25, 0.3) is 5.91 Å². The molecule has 0 fully saturated rings. The van der Waals surface area contributed by atoms with Crippen LogP contribution in [0.1, 0.15) is 34.5 Å². The van der Waals surface area contributed by atoms with E-state index in [0.717, 1.165) is 11.1 Å². The Morgan fingerprint density at radius 3 is 2.73 bits per heavy atom. The molecule has 8 heteroatoms. The van der Waals surface area contributed by atoms with Gasteiger partial charge in [0.1, 0.15) is 5.82 Å². The summed E-state index contributed by atoms with van der Waals surface area (Å²) in [6.07, 6.45) is 0.759. The lowest BCUT2D eigenvalue weighted by atomic mass is 10.1. The summed E-state index contributed by atoms with van der Waals surface area (Å²) in [6.45, 7) is 4.45. The summed E-state index contributed by atoms with van der Waals surface area (Å²) >= 11 is 7.50. The molecular formula is C22H19ClFN3O2S. The molecule has 5 nitrogen and oxygen atoms in total. The van der Waals surface area contributed by atoms with Crippen LogP contribution in [0.3, 0.4) is 0 Å². The quantitative estimate of drug-likeness (QED) is 0.361. The Morgan fingerprint density at radius 2 is 2.00 bits per heavy atom. The number of benzene rings is 2. The number of amides is 1. The van der Waals surface area contributed by atoms with Crippen LogP contribution in [-0.4, -0.2) is 27.5 Å². The number of fused-ring (bicyclic) bond motifs is 1. The van der Waals surface area contributed by atoms with Gasteiger partial charge >= 0.3 is 0 Å². The fourth-order valence-electron chi connectivity index (χ4n) is 3.35. The third-order valence-electron chi connectivity index (χ3n) is 4.78. The van der Waals surface area contributed by atoms with E-state index in [4.69, 9.17) is 16.0 Å². The van der Waals surface area contributed by atoms with E-state index in [9.17, 15) is 9.18 Å². The first-order valence-electron chi connectivity index (χ1n) is 9.53. The van der Waals surface area contributed by atoms with Gasteiger partial charge in [-0.2, -0.15) is 0 Å². The van der Waals surface area contributed by atoms with Crippen molar-refractivity contribution in [2.45, 2.75) is 26.8 Å². The van der Waals surface area contributed by atoms with Gasteiger partial charge in [-0.05, 0) is 43.2 Å². The van der Waals surface area contributed by atoms with Gasteiger partial charge in [-0.15, -0.1) is 21.5 Å². The Hall–Kier alpha value is -2.77. The highest BCUT2D eigenvalue weighted by Gasteiger charge is 2.24. The Balaban J connectivity index is 1.62. The first-order chi connectivity index (χ1) is 14.5. The standard InChI is InChI=1S/C22H19ClFN3O2S/c1-3-11-27(12-18-25-26-21(29-18)14-7-4-5-8-15(14)23)22(28)20-13(2)19-16(24)9-6-10-17(19)30-20/h4-10H,3,11-12H2,1-2H3. The van der Waals surface area contributed by atoms with E-state index in [-0.39, 0.29) is 18.3 Å². The van der Waals surface area contributed by atoms with Crippen LogP contribution in [0.5, 0.6) is 0 Å². The van der Waals surface area contributed by atoms with E-state index < -0.39 is 0 Å². The molecule has 0 radical (unpaired) electrons. The summed E-state index contributed by atoms with van der Waals surface area (Å²) in [5, 5.41) is 9.17. The third-order valence-corrected chi connectivity index (χ3v) is 6.35. The number of halogens is 2. The minimum absolute atomic E-state index is 0.167. The molecule has 0 aliphatic heterocycles. The molecule has 0 saturated carbocycles. The maximum absolute atomic E-state index is 14.3. The van der Waals surface area contributed by atoms with Crippen LogP contribution in [0, 0.1) is 12.7 Å². The molecule has 0 bridgehead atoms. The molecule has 30 heavy (non-hydrogen) atoms. The van der Waals surface area contributed by atoms with Crippen LogP contribution in [0.25, 0.3) is 21.5 Å². The van der Waals surface area contributed by atoms with Gasteiger partial charge < -0.3 is 9.32 Å². The largest absolute Gasteiger partial charge is 0.419 e. The number of rotatable bonds is 6. The number of aryl methyl sites for hydroxylation is 1. The monoisotopic (exact) mass is 443 g/mol. The number of carbonyl (C=O) groups is 1. The van der Waals surface area contributed by atoms with E-state index >= 15 is 0 Å². The Bertz CT molecular complexity index is 1220. The molecule has 0 saturated heterocycles. The van der Waals surface area contributed by atoms with Gasteiger partial charge in [0, 0.05) is 16.6 Å². The highest BCUT2D eigenvalue weighted by atomic mass is 35.5. The van der Waals surface area contributed by atoms with Crippen molar-refractivity contribution in [1.82, 2.24) is 15.1 Å². The maximum Gasteiger partial charge on any atom is 0.264 e. The lowest BCUT2D eigenvalue weighted by molar-refractivity contribution is 0.0733. The molecule has 1 amide bonds. The summed E-state index contributed by atoms with van der Waals surface area (Å²) in [4.78, 5) is 15.4. The number of carbonyl (C=O) groups excluding carboxylic acids is 1. The van der Waals surface area contributed by atoms with Crippen LogP contribution in [0.2, 0.25) is 5.02 Å². The highest BCUT2D eigenvalue weighted by Crippen LogP contribution is 2.34. The summed E-state index contributed by atoms with van der Waals surface area (Å²) < 4.78 is 20.8. The first-order valence-corrected chi connectivity index (χ1v) is 10.7. The zero-order chi connectivity index (χ0) is 21.3. The molecule has 2 aromatic carbocycles. The van der Waals surface area contributed by atoms with Crippen molar-refractivity contribution in [3.8, 4) is 11.5 Å². The molecule has 2 heterocycles. The predicted octanol–water partition coefficient (Wildman–Crippen LogP) is 6.10. The summed E-state index contributed by atoms with van der Waals surface area (Å²) in [7, 11) is 0. The summed E-state index contributed by atoms with van der Waals surface area (Å²) in [6, 6.07) is 12.1. The van der Waals surface area contributed by atoms with E-state index in [1.807, 2.05) is 25.1 Å². The number of thiophene rings is 1. The molecule has 4 rings (SSSR count). The van der Waals surface area contributed by atoms with Gasteiger partial charge in [0.05, 0.1) is 22.0 Å². The minimum Gasteiger partial charge on any atom is -0.419 e. The minimum atomic E-state index is -0.316.